The molecule has 0 spiro atoms. The summed E-state index contributed by atoms with van der Waals surface area (Å²) in [6, 6.07) is 8.40. The predicted octanol–water partition coefficient (Wildman–Crippen LogP) is 3.87. The fourth-order valence-corrected chi connectivity index (χ4v) is 4.36. The Hall–Kier alpha value is -1.31. The standard InChI is InChI=1S/C22H34N4O.HI/c1-4-23-22(26-14-17(2)12-18(3)15-26)24-13-19-8-5-6-9-20(19)16-25-11-7-10-21(25)27;/h5-6,8-9,17-18H,4,7,10-16H2,1-3H3,(H,23,24);1H. The third-order valence-electron chi connectivity index (χ3n) is 5.55. The first-order valence-corrected chi connectivity index (χ1v) is 10.4. The van der Waals surface area contributed by atoms with Gasteiger partial charge in [-0.3, -0.25) is 4.79 Å². The molecular formula is C22H35IN4O. The first kappa shape index (κ1) is 23.0. The minimum atomic E-state index is 0. The molecule has 2 atom stereocenters. The lowest BCUT2D eigenvalue weighted by molar-refractivity contribution is -0.128. The number of hydrogen-bond donors (Lipinski definition) is 1. The van der Waals surface area contributed by atoms with Crippen molar-refractivity contribution in [3.63, 3.8) is 0 Å². The molecule has 2 fully saturated rings. The monoisotopic (exact) mass is 498 g/mol. The summed E-state index contributed by atoms with van der Waals surface area (Å²) < 4.78 is 0. The van der Waals surface area contributed by atoms with Crippen LogP contribution in [-0.4, -0.2) is 47.8 Å². The molecule has 2 unspecified atom stereocenters. The molecule has 1 aromatic rings. The highest BCUT2D eigenvalue weighted by Gasteiger charge is 2.24. The van der Waals surface area contributed by atoms with Crippen LogP contribution in [0.3, 0.4) is 0 Å². The average molecular weight is 498 g/mol. The highest BCUT2D eigenvalue weighted by Crippen LogP contribution is 2.22. The van der Waals surface area contributed by atoms with Crippen molar-refractivity contribution < 1.29 is 4.79 Å². The zero-order valence-corrected chi connectivity index (χ0v) is 19.8. The zero-order chi connectivity index (χ0) is 19.2. The van der Waals surface area contributed by atoms with Crippen LogP contribution in [0.4, 0.5) is 0 Å². The molecule has 2 heterocycles. The van der Waals surface area contributed by atoms with Crippen molar-refractivity contribution in [2.24, 2.45) is 16.8 Å². The van der Waals surface area contributed by atoms with E-state index in [0.717, 1.165) is 38.6 Å². The smallest absolute Gasteiger partial charge is 0.222 e. The molecule has 2 aliphatic heterocycles. The van der Waals surface area contributed by atoms with Gasteiger partial charge in [0.1, 0.15) is 0 Å². The van der Waals surface area contributed by atoms with Gasteiger partial charge in [-0.25, -0.2) is 4.99 Å². The topological polar surface area (TPSA) is 47.9 Å². The summed E-state index contributed by atoms with van der Waals surface area (Å²) in [6.07, 6.45) is 2.97. The fourth-order valence-electron chi connectivity index (χ4n) is 4.36. The number of carbonyl (C=O) groups is 1. The van der Waals surface area contributed by atoms with E-state index in [-0.39, 0.29) is 29.9 Å². The van der Waals surface area contributed by atoms with Gasteiger partial charge < -0.3 is 15.1 Å². The molecule has 0 bridgehead atoms. The number of piperidine rings is 1. The number of amides is 1. The van der Waals surface area contributed by atoms with Crippen LogP contribution >= 0.6 is 24.0 Å². The first-order valence-electron chi connectivity index (χ1n) is 10.4. The Morgan fingerprint density at radius 2 is 1.86 bits per heavy atom. The number of nitrogens with one attached hydrogen (secondary N) is 1. The van der Waals surface area contributed by atoms with Crippen LogP contribution in [-0.2, 0) is 17.9 Å². The Labute approximate surface area is 187 Å². The molecule has 156 valence electrons. The lowest BCUT2D eigenvalue weighted by atomic mass is 9.92. The van der Waals surface area contributed by atoms with Gasteiger partial charge in [-0.1, -0.05) is 38.1 Å². The second-order valence-electron chi connectivity index (χ2n) is 8.21. The molecule has 2 aliphatic rings. The number of hydrogen-bond acceptors (Lipinski definition) is 2. The highest BCUT2D eigenvalue weighted by atomic mass is 127. The lowest BCUT2D eigenvalue weighted by Crippen LogP contribution is -2.48. The summed E-state index contributed by atoms with van der Waals surface area (Å²) >= 11 is 0. The van der Waals surface area contributed by atoms with E-state index in [9.17, 15) is 4.79 Å². The fraction of sp³-hybridized carbons (Fsp3) is 0.636. The molecule has 6 heteroatoms. The van der Waals surface area contributed by atoms with Crippen molar-refractivity contribution in [3.8, 4) is 0 Å². The molecule has 0 radical (unpaired) electrons. The Morgan fingerprint density at radius 3 is 2.46 bits per heavy atom. The molecular weight excluding hydrogens is 463 g/mol. The van der Waals surface area contributed by atoms with E-state index >= 15 is 0 Å². The van der Waals surface area contributed by atoms with Gasteiger partial charge in [0, 0.05) is 39.1 Å². The van der Waals surface area contributed by atoms with Crippen molar-refractivity contribution in [3.05, 3.63) is 35.4 Å². The summed E-state index contributed by atoms with van der Waals surface area (Å²) in [5.41, 5.74) is 2.43. The number of halogens is 1. The van der Waals surface area contributed by atoms with E-state index in [0.29, 0.717) is 31.3 Å². The molecule has 1 N–H and O–H groups in total. The number of carbonyl (C=O) groups excluding carboxylic acids is 1. The normalized spacial score (nSPS) is 23.0. The van der Waals surface area contributed by atoms with Gasteiger partial charge in [0.05, 0.1) is 6.54 Å². The van der Waals surface area contributed by atoms with Gasteiger partial charge in [0.15, 0.2) is 5.96 Å². The van der Waals surface area contributed by atoms with Gasteiger partial charge >= 0.3 is 0 Å². The Bertz CT molecular complexity index is 668. The van der Waals surface area contributed by atoms with Crippen molar-refractivity contribution in [2.45, 2.75) is 53.1 Å². The predicted molar refractivity (Wildman–Crippen MR) is 126 cm³/mol. The third-order valence-corrected chi connectivity index (χ3v) is 5.55. The second-order valence-corrected chi connectivity index (χ2v) is 8.21. The summed E-state index contributed by atoms with van der Waals surface area (Å²) in [5, 5.41) is 3.47. The molecule has 5 nitrogen and oxygen atoms in total. The Balaban J connectivity index is 0.00000280. The maximum Gasteiger partial charge on any atom is 0.222 e. The molecule has 0 aliphatic carbocycles. The van der Waals surface area contributed by atoms with Gasteiger partial charge in [0.2, 0.25) is 5.91 Å². The van der Waals surface area contributed by atoms with E-state index in [4.69, 9.17) is 4.99 Å². The Morgan fingerprint density at radius 1 is 1.18 bits per heavy atom. The molecule has 2 saturated heterocycles. The van der Waals surface area contributed by atoms with Crippen LogP contribution in [0, 0.1) is 11.8 Å². The minimum absolute atomic E-state index is 0. The van der Waals surface area contributed by atoms with Crippen molar-refractivity contribution in [1.29, 1.82) is 0 Å². The summed E-state index contributed by atoms with van der Waals surface area (Å²) in [4.78, 5) is 21.3. The van der Waals surface area contributed by atoms with Crippen LogP contribution < -0.4 is 5.32 Å². The lowest BCUT2D eigenvalue weighted by Gasteiger charge is -2.37. The van der Waals surface area contributed by atoms with Crippen LogP contribution in [0.25, 0.3) is 0 Å². The SMILES string of the molecule is CCNC(=NCc1ccccc1CN1CCCC1=O)N1CC(C)CC(C)C1.I. The van der Waals surface area contributed by atoms with Gasteiger partial charge in [-0.15, -0.1) is 24.0 Å². The quantitative estimate of drug-likeness (QED) is 0.381. The molecule has 1 aromatic carbocycles. The summed E-state index contributed by atoms with van der Waals surface area (Å²) in [5.74, 6) is 2.69. The second kappa shape index (κ2) is 11.0. The molecule has 0 saturated carbocycles. The number of aliphatic imine (C=N–C) groups is 1. The molecule has 1 amide bonds. The number of rotatable bonds is 5. The van der Waals surface area contributed by atoms with Crippen LogP contribution in [0.15, 0.2) is 29.3 Å². The third kappa shape index (κ3) is 6.09. The van der Waals surface area contributed by atoms with Crippen molar-refractivity contribution in [2.75, 3.05) is 26.2 Å². The van der Waals surface area contributed by atoms with Crippen molar-refractivity contribution in [1.82, 2.24) is 15.1 Å². The average Bonchev–Trinajstić information content (AvgIpc) is 3.03. The first-order chi connectivity index (χ1) is 13.1. The van der Waals surface area contributed by atoms with E-state index in [1.54, 1.807) is 0 Å². The van der Waals surface area contributed by atoms with Gasteiger partial charge in [-0.05, 0) is 42.7 Å². The Kier molecular flexibility index (Phi) is 9.05. The van der Waals surface area contributed by atoms with Gasteiger partial charge in [-0.2, -0.15) is 0 Å². The largest absolute Gasteiger partial charge is 0.357 e. The van der Waals surface area contributed by atoms with E-state index < -0.39 is 0 Å². The van der Waals surface area contributed by atoms with Gasteiger partial charge in [0.25, 0.3) is 0 Å². The highest BCUT2D eigenvalue weighted by molar-refractivity contribution is 14.0. The summed E-state index contributed by atoms with van der Waals surface area (Å²) in [6.45, 7) is 12.0. The van der Waals surface area contributed by atoms with Crippen molar-refractivity contribution >= 4 is 35.8 Å². The number of benzene rings is 1. The maximum absolute atomic E-state index is 12.0. The van der Waals surface area contributed by atoms with E-state index in [2.05, 4.69) is 55.3 Å². The minimum Gasteiger partial charge on any atom is -0.357 e. The van der Waals surface area contributed by atoms with Crippen LogP contribution in [0.5, 0.6) is 0 Å². The van der Waals surface area contributed by atoms with Crippen LogP contribution in [0.1, 0.15) is 51.2 Å². The number of guanidine groups is 1. The maximum atomic E-state index is 12.0. The van der Waals surface area contributed by atoms with Crippen LogP contribution in [0.2, 0.25) is 0 Å². The number of likely N-dealkylation sites (tertiary alicyclic amines) is 2. The van der Waals surface area contributed by atoms with E-state index in [1.807, 2.05) is 4.90 Å². The molecule has 3 rings (SSSR count). The summed E-state index contributed by atoms with van der Waals surface area (Å²) in [7, 11) is 0. The zero-order valence-electron chi connectivity index (χ0n) is 17.5. The van der Waals surface area contributed by atoms with E-state index in [1.165, 1.54) is 17.5 Å². The number of nitrogens with zero attached hydrogens (tertiary/aromatic N) is 3. The molecule has 28 heavy (non-hydrogen) atoms. The molecule has 0 aromatic heterocycles.